The lowest BCUT2D eigenvalue weighted by Crippen LogP contribution is -2.22. The molecule has 5 aromatic rings. The monoisotopic (exact) mass is 568 g/mol. The first kappa shape index (κ1) is 27.9. The van der Waals surface area contributed by atoms with Gasteiger partial charge in [0.15, 0.2) is 11.5 Å². The molecule has 0 radical (unpaired) electrons. The molecule has 3 aromatic carbocycles. The number of fused-ring (bicyclic) bond motifs is 1. The standard InChI is InChI=1S/C30H28N6O6/c1-18-8-11-20(12-9-18)32-29(38)34-28-33-27(31-15-14-19-10-13-23(39-2)25(16-19)40-3)35-30(36-28)42-24-17-26(37)41-22-7-5-4-6-21(22)24/h4-13,16-17H,14-15H2,1-3H3,(H3,31,32,33,34,35,36,38). The molecule has 0 unspecified atom stereocenters. The van der Waals surface area contributed by atoms with Crippen molar-refractivity contribution in [1.29, 1.82) is 0 Å². The minimum absolute atomic E-state index is 0.0644. The van der Waals surface area contributed by atoms with Gasteiger partial charge in [-0.25, -0.2) is 9.59 Å². The van der Waals surface area contributed by atoms with E-state index in [1.807, 2.05) is 37.3 Å². The van der Waals surface area contributed by atoms with E-state index in [0.29, 0.717) is 41.1 Å². The second kappa shape index (κ2) is 12.7. The van der Waals surface area contributed by atoms with Crippen LogP contribution in [0.4, 0.5) is 22.4 Å². The second-order valence-corrected chi connectivity index (χ2v) is 9.10. The molecule has 0 aliphatic heterocycles. The second-order valence-electron chi connectivity index (χ2n) is 9.10. The Hall–Kier alpha value is -5.65. The van der Waals surface area contributed by atoms with Crippen LogP contribution in [0.25, 0.3) is 11.0 Å². The van der Waals surface area contributed by atoms with E-state index in [2.05, 4.69) is 30.9 Å². The van der Waals surface area contributed by atoms with Crippen molar-refractivity contribution < 1.29 is 23.4 Å². The number of aromatic nitrogens is 3. The Morgan fingerprint density at radius 2 is 1.60 bits per heavy atom. The highest BCUT2D eigenvalue weighted by atomic mass is 16.5. The Balaban J connectivity index is 1.38. The zero-order chi connectivity index (χ0) is 29.5. The van der Waals surface area contributed by atoms with Crippen LogP contribution in [0.15, 0.2) is 82.0 Å². The molecule has 0 saturated heterocycles. The first-order chi connectivity index (χ1) is 20.4. The predicted molar refractivity (Wildman–Crippen MR) is 158 cm³/mol. The number of para-hydroxylation sites is 1. The van der Waals surface area contributed by atoms with E-state index < -0.39 is 11.7 Å². The van der Waals surface area contributed by atoms with Crippen LogP contribution in [-0.4, -0.2) is 41.7 Å². The number of nitrogens with one attached hydrogen (secondary N) is 3. The molecule has 2 aromatic heterocycles. The fraction of sp³-hybridized carbons (Fsp3) is 0.167. The van der Waals surface area contributed by atoms with Crippen molar-refractivity contribution in [3.05, 3.63) is 94.3 Å². The molecule has 0 atom stereocenters. The lowest BCUT2D eigenvalue weighted by Gasteiger charge is -2.12. The molecule has 0 aliphatic carbocycles. The van der Waals surface area contributed by atoms with Crippen molar-refractivity contribution in [1.82, 2.24) is 15.0 Å². The average Bonchev–Trinajstić information content (AvgIpc) is 2.98. The highest BCUT2D eigenvalue weighted by molar-refractivity contribution is 5.98. The molecule has 2 amide bonds. The number of urea groups is 1. The van der Waals surface area contributed by atoms with Crippen molar-refractivity contribution in [3.63, 3.8) is 0 Å². The number of aryl methyl sites for hydroxylation is 1. The number of methoxy groups -OCH3 is 2. The van der Waals surface area contributed by atoms with E-state index in [0.717, 1.165) is 11.1 Å². The Bertz CT molecular complexity index is 1770. The fourth-order valence-electron chi connectivity index (χ4n) is 4.06. The predicted octanol–water partition coefficient (Wildman–Crippen LogP) is 5.39. The van der Waals surface area contributed by atoms with Gasteiger partial charge in [-0.05, 0) is 55.3 Å². The summed E-state index contributed by atoms with van der Waals surface area (Å²) >= 11 is 0. The zero-order valence-corrected chi connectivity index (χ0v) is 23.1. The molecule has 0 saturated carbocycles. The summed E-state index contributed by atoms with van der Waals surface area (Å²) in [7, 11) is 3.16. The average molecular weight is 569 g/mol. The molecular formula is C30H28N6O6. The Kier molecular flexibility index (Phi) is 8.42. The number of nitrogens with zero attached hydrogens (tertiary/aromatic N) is 3. The number of anilines is 3. The summed E-state index contributed by atoms with van der Waals surface area (Å²) in [4.78, 5) is 37.8. The quantitative estimate of drug-likeness (QED) is 0.187. The van der Waals surface area contributed by atoms with Crippen LogP contribution in [0.1, 0.15) is 11.1 Å². The van der Waals surface area contributed by atoms with Gasteiger partial charge < -0.3 is 29.3 Å². The Morgan fingerprint density at radius 1 is 0.833 bits per heavy atom. The Labute approximate surface area is 240 Å². The number of amides is 2. The van der Waals surface area contributed by atoms with Crippen molar-refractivity contribution in [2.75, 3.05) is 36.7 Å². The van der Waals surface area contributed by atoms with E-state index in [4.69, 9.17) is 18.6 Å². The molecule has 214 valence electrons. The third kappa shape index (κ3) is 6.91. The van der Waals surface area contributed by atoms with Gasteiger partial charge in [-0.15, -0.1) is 0 Å². The van der Waals surface area contributed by atoms with Gasteiger partial charge in [-0.2, -0.15) is 15.0 Å². The largest absolute Gasteiger partial charge is 0.493 e. The van der Waals surface area contributed by atoms with Gasteiger partial charge in [0.05, 0.1) is 25.7 Å². The van der Waals surface area contributed by atoms with Gasteiger partial charge in [-0.1, -0.05) is 35.9 Å². The number of ether oxygens (including phenoxy) is 3. The van der Waals surface area contributed by atoms with Crippen LogP contribution in [0.5, 0.6) is 23.3 Å². The maximum atomic E-state index is 12.7. The minimum Gasteiger partial charge on any atom is -0.493 e. The summed E-state index contributed by atoms with van der Waals surface area (Å²) in [5.41, 5.74) is 2.40. The van der Waals surface area contributed by atoms with E-state index in [1.165, 1.54) is 6.07 Å². The summed E-state index contributed by atoms with van der Waals surface area (Å²) in [5, 5.41) is 9.03. The summed E-state index contributed by atoms with van der Waals surface area (Å²) in [6.45, 7) is 2.39. The molecule has 0 bridgehead atoms. The van der Waals surface area contributed by atoms with Crippen molar-refractivity contribution in [2.45, 2.75) is 13.3 Å². The molecule has 0 spiro atoms. The Morgan fingerprint density at radius 3 is 2.38 bits per heavy atom. The third-order valence-corrected chi connectivity index (χ3v) is 6.11. The van der Waals surface area contributed by atoms with Gasteiger partial charge in [0.25, 0.3) is 0 Å². The number of hydrogen-bond donors (Lipinski definition) is 3. The van der Waals surface area contributed by atoms with E-state index >= 15 is 0 Å². The lowest BCUT2D eigenvalue weighted by atomic mass is 10.1. The van der Waals surface area contributed by atoms with Crippen molar-refractivity contribution >= 4 is 34.6 Å². The van der Waals surface area contributed by atoms with E-state index in [1.54, 1.807) is 50.6 Å². The SMILES string of the molecule is COc1ccc(CCNc2nc(NC(=O)Nc3ccc(C)cc3)nc(Oc3cc(=O)oc4ccccc34)n2)cc1OC. The number of rotatable bonds is 10. The van der Waals surface area contributed by atoms with Crippen LogP contribution in [0.3, 0.4) is 0 Å². The molecule has 2 heterocycles. The number of carbonyl (C=O) groups is 1. The molecule has 0 aliphatic rings. The smallest absolute Gasteiger partial charge is 0.339 e. The fourth-order valence-corrected chi connectivity index (χ4v) is 4.06. The molecule has 42 heavy (non-hydrogen) atoms. The first-order valence-corrected chi connectivity index (χ1v) is 13.0. The normalized spacial score (nSPS) is 10.6. The highest BCUT2D eigenvalue weighted by Gasteiger charge is 2.15. The van der Waals surface area contributed by atoms with Crippen molar-refractivity contribution in [2.24, 2.45) is 0 Å². The maximum absolute atomic E-state index is 12.7. The van der Waals surface area contributed by atoms with Crippen LogP contribution in [0.2, 0.25) is 0 Å². The molecule has 3 N–H and O–H groups in total. The van der Waals surface area contributed by atoms with Crippen molar-refractivity contribution in [3.8, 4) is 23.3 Å². The highest BCUT2D eigenvalue weighted by Crippen LogP contribution is 2.29. The molecular weight excluding hydrogens is 540 g/mol. The molecule has 0 fully saturated rings. The van der Waals surface area contributed by atoms with Crippen LogP contribution in [0, 0.1) is 6.92 Å². The van der Waals surface area contributed by atoms with Crippen LogP contribution in [-0.2, 0) is 6.42 Å². The lowest BCUT2D eigenvalue weighted by molar-refractivity contribution is 0.262. The molecule has 12 nitrogen and oxygen atoms in total. The van der Waals surface area contributed by atoms with Gasteiger partial charge in [0, 0.05) is 12.2 Å². The maximum Gasteiger partial charge on any atom is 0.339 e. The van der Waals surface area contributed by atoms with Gasteiger partial charge in [0.2, 0.25) is 11.9 Å². The van der Waals surface area contributed by atoms with Gasteiger partial charge >= 0.3 is 17.7 Å². The van der Waals surface area contributed by atoms with Gasteiger partial charge in [-0.3, -0.25) is 5.32 Å². The number of hydrogen-bond acceptors (Lipinski definition) is 10. The first-order valence-electron chi connectivity index (χ1n) is 13.0. The zero-order valence-electron chi connectivity index (χ0n) is 23.1. The summed E-state index contributed by atoms with van der Waals surface area (Å²) in [6.07, 6.45) is 0.600. The minimum atomic E-state index is -0.596. The van der Waals surface area contributed by atoms with Gasteiger partial charge in [0.1, 0.15) is 11.3 Å². The third-order valence-electron chi connectivity index (χ3n) is 6.11. The summed E-state index contributed by atoms with van der Waals surface area (Å²) in [6, 6.07) is 20.4. The molecule has 5 rings (SSSR count). The number of carbonyl (C=O) groups excluding carboxylic acids is 1. The topological polar surface area (TPSA) is 150 Å². The van der Waals surface area contributed by atoms with E-state index in [-0.39, 0.29) is 23.7 Å². The van der Waals surface area contributed by atoms with E-state index in [9.17, 15) is 9.59 Å². The molecule has 12 heteroatoms. The summed E-state index contributed by atoms with van der Waals surface area (Å²) < 4.78 is 21.9. The number of benzene rings is 3. The summed E-state index contributed by atoms with van der Waals surface area (Å²) in [5.74, 6) is 1.54. The van der Waals surface area contributed by atoms with Crippen LogP contribution >= 0.6 is 0 Å². The van der Waals surface area contributed by atoms with Crippen LogP contribution < -0.4 is 35.8 Å².